The van der Waals surface area contributed by atoms with Gasteiger partial charge in [0.05, 0.1) is 30.3 Å². The molecule has 1 heterocycles. The van der Waals surface area contributed by atoms with Gasteiger partial charge in [0.25, 0.3) is 0 Å². The van der Waals surface area contributed by atoms with E-state index in [1.807, 2.05) is 44.2 Å². The van der Waals surface area contributed by atoms with Crippen molar-refractivity contribution in [2.75, 3.05) is 17.2 Å². The standard InChI is InChI=1S/C16H22N2O2/c1-4-18(11-13-7-6-10-19-13)14-8-5-9-15(16(14)17)20-12(2)3/h5-10,12H,4,11,17H2,1-3H3. The molecular weight excluding hydrogens is 252 g/mol. The molecule has 1 aromatic heterocycles. The molecule has 4 heteroatoms. The Balaban J connectivity index is 2.25. The van der Waals surface area contributed by atoms with Crippen molar-refractivity contribution in [3.8, 4) is 5.75 Å². The van der Waals surface area contributed by atoms with E-state index in [1.165, 1.54) is 0 Å². The molecule has 0 fully saturated rings. The van der Waals surface area contributed by atoms with E-state index >= 15 is 0 Å². The van der Waals surface area contributed by atoms with Gasteiger partial charge in [-0.05, 0) is 45.0 Å². The molecule has 0 aliphatic rings. The van der Waals surface area contributed by atoms with Gasteiger partial charge in [-0.2, -0.15) is 0 Å². The first kappa shape index (κ1) is 14.3. The minimum atomic E-state index is 0.104. The van der Waals surface area contributed by atoms with Crippen molar-refractivity contribution < 1.29 is 9.15 Å². The van der Waals surface area contributed by atoms with Crippen molar-refractivity contribution in [2.45, 2.75) is 33.4 Å². The van der Waals surface area contributed by atoms with E-state index in [1.54, 1.807) is 6.26 Å². The molecular formula is C16H22N2O2. The molecule has 20 heavy (non-hydrogen) atoms. The quantitative estimate of drug-likeness (QED) is 0.816. The highest BCUT2D eigenvalue weighted by atomic mass is 16.5. The van der Waals surface area contributed by atoms with Crippen LogP contribution in [0, 0.1) is 0 Å². The zero-order valence-corrected chi connectivity index (χ0v) is 12.3. The van der Waals surface area contributed by atoms with Crippen molar-refractivity contribution in [3.63, 3.8) is 0 Å². The van der Waals surface area contributed by atoms with Gasteiger partial charge >= 0.3 is 0 Å². The summed E-state index contributed by atoms with van der Waals surface area (Å²) in [5, 5.41) is 0. The second-order valence-electron chi connectivity index (χ2n) is 4.95. The second kappa shape index (κ2) is 6.37. The maximum absolute atomic E-state index is 6.24. The van der Waals surface area contributed by atoms with Crippen LogP contribution >= 0.6 is 0 Å². The van der Waals surface area contributed by atoms with Crippen molar-refractivity contribution >= 4 is 11.4 Å². The number of nitrogens with zero attached hydrogens (tertiary/aromatic N) is 1. The van der Waals surface area contributed by atoms with Crippen LogP contribution in [0.4, 0.5) is 11.4 Å². The highest BCUT2D eigenvalue weighted by Crippen LogP contribution is 2.33. The molecule has 2 aromatic rings. The maximum atomic E-state index is 6.24. The highest BCUT2D eigenvalue weighted by Gasteiger charge is 2.14. The second-order valence-corrected chi connectivity index (χ2v) is 4.95. The summed E-state index contributed by atoms with van der Waals surface area (Å²) in [4.78, 5) is 2.17. The molecule has 2 rings (SSSR count). The molecule has 108 valence electrons. The van der Waals surface area contributed by atoms with Crippen LogP contribution in [0.15, 0.2) is 41.0 Å². The summed E-state index contributed by atoms with van der Waals surface area (Å²) in [7, 11) is 0. The Bertz CT molecular complexity index is 535. The fraction of sp³-hybridized carbons (Fsp3) is 0.375. The topological polar surface area (TPSA) is 51.6 Å². The third-order valence-electron chi connectivity index (χ3n) is 3.05. The number of hydrogen-bond donors (Lipinski definition) is 1. The summed E-state index contributed by atoms with van der Waals surface area (Å²) in [6.07, 6.45) is 1.79. The van der Waals surface area contributed by atoms with Gasteiger partial charge in [0, 0.05) is 6.54 Å². The van der Waals surface area contributed by atoms with E-state index in [0.717, 1.165) is 23.7 Å². The van der Waals surface area contributed by atoms with E-state index in [0.29, 0.717) is 12.2 Å². The Morgan fingerprint density at radius 3 is 2.65 bits per heavy atom. The summed E-state index contributed by atoms with van der Waals surface area (Å²) < 4.78 is 11.1. The Hall–Kier alpha value is -2.10. The van der Waals surface area contributed by atoms with Crippen molar-refractivity contribution in [1.82, 2.24) is 0 Å². The fourth-order valence-electron chi connectivity index (χ4n) is 2.12. The summed E-state index contributed by atoms with van der Waals surface area (Å²) in [5.41, 5.74) is 7.89. The van der Waals surface area contributed by atoms with Crippen LogP contribution in [-0.2, 0) is 6.54 Å². The Morgan fingerprint density at radius 2 is 2.05 bits per heavy atom. The number of ether oxygens (including phenoxy) is 1. The molecule has 0 spiro atoms. The minimum Gasteiger partial charge on any atom is -0.489 e. The van der Waals surface area contributed by atoms with Crippen LogP contribution in [0.2, 0.25) is 0 Å². The smallest absolute Gasteiger partial charge is 0.144 e. The number of nitrogen functional groups attached to an aromatic ring is 1. The molecule has 0 saturated carbocycles. The molecule has 2 N–H and O–H groups in total. The number of rotatable bonds is 6. The molecule has 1 aromatic carbocycles. The van der Waals surface area contributed by atoms with Gasteiger partial charge in [0.15, 0.2) is 0 Å². The number of furan rings is 1. The normalized spacial score (nSPS) is 10.8. The van der Waals surface area contributed by atoms with Crippen LogP contribution in [0.3, 0.4) is 0 Å². The molecule has 4 nitrogen and oxygen atoms in total. The molecule has 0 radical (unpaired) electrons. The largest absolute Gasteiger partial charge is 0.489 e. The van der Waals surface area contributed by atoms with Crippen molar-refractivity contribution in [1.29, 1.82) is 0 Å². The van der Waals surface area contributed by atoms with Gasteiger partial charge in [-0.25, -0.2) is 0 Å². The minimum absolute atomic E-state index is 0.104. The zero-order chi connectivity index (χ0) is 14.5. The third kappa shape index (κ3) is 3.26. The van der Waals surface area contributed by atoms with Gasteiger partial charge in [-0.15, -0.1) is 0 Å². The average Bonchev–Trinajstić information content (AvgIpc) is 2.91. The lowest BCUT2D eigenvalue weighted by molar-refractivity contribution is 0.244. The van der Waals surface area contributed by atoms with Crippen LogP contribution in [0.5, 0.6) is 5.75 Å². The summed E-state index contributed by atoms with van der Waals surface area (Å²) in [5.74, 6) is 1.65. The molecule has 0 bridgehead atoms. The highest BCUT2D eigenvalue weighted by molar-refractivity contribution is 5.74. The van der Waals surface area contributed by atoms with Crippen LogP contribution in [-0.4, -0.2) is 12.6 Å². The van der Waals surface area contributed by atoms with E-state index in [-0.39, 0.29) is 6.10 Å². The van der Waals surface area contributed by atoms with E-state index < -0.39 is 0 Å². The van der Waals surface area contributed by atoms with Gasteiger partial charge in [0.2, 0.25) is 0 Å². The summed E-state index contributed by atoms with van der Waals surface area (Å²) in [6.45, 7) is 7.62. The summed E-state index contributed by atoms with van der Waals surface area (Å²) in [6, 6.07) is 9.74. The molecule has 0 unspecified atom stereocenters. The molecule has 0 aliphatic heterocycles. The number of para-hydroxylation sites is 1. The first-order valence-corrected chi connectivity index (χ1v) is 6.94. The number of anilines is 2. The number of nitrogens with two attached hydrogens (primary N) is 1. The maximum Gasteiger partial charge on any atom is 0.144 e. The van der Waals surface area contributed by atoms with Gasteiger partial charge in [0.1, 0.15) is 11.5 Å². The Kier molecular flexibility index (Phi) is 4.56. The molecule has 0 saturated heterocycles. The molecule has 0 aliphatic carbocycles. The van der Waals surface area contributed by atoms with Crippen LogP contribution in [0.25, 0.3) is 0 Å². The third-order valence-corrected chi connectivity index (χ3v) is 3.05. The molecule has 0 atom stereocenters. The Labute approximate surface area is 120 Å². The van der Waals surface area contributed by atoms with Gasteiger partial charge < -0.3 is 19.8 Å². The van der Waals surface area contributed by atoms with Crippen LogP contribution < -0.4 is 15.4 Å². The van der Waals surface area contributed by atoms with Gasteiger partial charge in [-0.3, -0.25) is 0 Å². The van der Waals surface area contributed by atoms with Gasteiger partial charge in [-0.1, -0.05) is 6.07 Å². The van der Waals surface area contributed by atoms with Crippen LogP contribution in [0.1, 0.15) is 26.5 Å². The predicted molar refractivity (Wildman–Crippen MR) is 82.1 cm³/mol. The zero-order valence-electron chi connectivity index (χ0n) is 12.3. The predicted octanol–water partition coefficient (Wildman–Crippen LogP) is 3.68. The van der Waals surface area contributed by atoms with E-state index in [9.17, 15) is 0 Å². The van der Waals surface area contributed by atoms with E-state index in [2.05, 4.69) is 11.8 Å². The Morgan fingerprint density at radius 1 is 1.25 bits per heavy atom. The lowest BCUT2D eigenvalue weighted by Crippen LogP contribution is -2.23. The van der Waals surface area contributed by atoms with Crippen molar-refractivity contribution in [2.24, 2.45) is 0 Å². The lowest BCUT2D eigenvalue weighted by atomic mass is 10.2. The average molecular weight is 274 g/mol. The lowest BCUT2D eigenvalue weighted by Gasteiger charge is -2.25. The first-order chi connectivity index (χ1) is 9.61. The monoisotopic (exact) mass is 274 g/mol. The van der Waals surface area contributed by atoms with E-state index in [4.69, 9.17) is 14.9 Å². The SMILES string of the molecule is CCN(Cc1ccco1)c1cccc(OC(C)C)c1N. The number of benzene rings is 1. The molecule has 0 amide bonds. The number of hydrogen-bond acceptors (Lipinski definition) is 4. The van der Waals surface area contributed by atoms with Crippen molar-refractivity contribution in [3.05, 3.63) is 42.4 Å². The first-order valence-electron chi connectivity index (χ1n) is 6.94. The summed E-state index contributed by atoms with van der Waals surface area (Å²) >= 11 is 0. The fourth-order valence-corrected chi connectivity index (χ4v) is 2.12.